The molecule has 0 saturated heterocycles. The summed E-state index contributed by atoms with van der Waals surface area (Å²) in [5.74, 6) is 1.29. The van der Waals surface area contributed by atoms with Crippen LogP contribution in [0.15, 0.2) is 76.5 Å². The average Bonchev–Trinajstić information content (AvgIpc) is 2.80. The van der Waals surface area contributed by atoms with Gasteiger partial charge in [0.05, 0.1) is 24.8 Å². The van der Waals surface area contributed by atoms with Crippen molar-refractivity contribution in [1.29, 1.82) is 0 Å². The number of carbonyl (C=O) groups excluding carboxylic acids is 1. The van der Waals surface area contributed by atoms with Crippen LogP contribution in [0, 0.1) is 0 Å². The summed E-state index contributed by atoms with van der Waals surface area (Å²) < 4.78 is 38.5. The Kier molecular flexibility index (Phi) is 8.49. The van der Waals surface area contributed by atoms with Gasteiger partial charge in [-0.1, -0.05) is 11.6 Å². The highest BCUT2D eigenvalue weighted by atomic mass is 35.5. The molecule has 0 aliphatic carbocycles. The molecule has 0 saturated carbocycles. The van der Waals surface area contributed by atoms with E-state index in [9.17, 15) is 13.2 Å². The molecule has 0 aromatic heterocycles. The van der Waals surface area contributed by atoms with Crippen molar-refractivity contribution in [2.75, 3.05) is 30.0 Å². The number of anilines is 2. The number of thioether (sulfide) groups is 1. The van der Waals surface area contributed by atoms with Gasteiger partial charge in [0.25, 0.3) is 10.0 Å². The Balaban J connectivity index is 1.58. The summed E-state index contributed by atoms with van der Waals surface area (Å²) in [6.45, 7) is 0. The van der Waals surface area contributed by atoms with Crippen LogP contribution >= 0.6 is 23.4 Å². The first-order valence-corrected chi connectivity index (χ1v) is 12.7. The predicted octanol–water partition coefficient (Wildman–Crippen LogP) is 5.28. The van der Waals surface area contributed by atoms with Crippen molar-refractivity contribution in [3.05, 3.63) is 71.8 Å². The van der Waals surface area contributed by atoms with Gasteiger partial charge in [-0.2, -0.15) is 0 Å². The lowest BCUT2D eigenvalue weighted by Crippen LogP contribution is -2.15. The molecular weight excluding hydrogens is 484 g/mol. The second-order valence-corrected chi connectivity index (χ2v) is 10.1. The molecule has 33 heavy (non-hydrogen) atoms. The van der Waals surface area contributed by atoms with E-state index in [1.807, 2.05) is 12.1 Å². The van der Waals surface area contributed by atoms with Gasteiger partial charge in [-0.05, 0) is 60.7 Å². The summed E-state index contributed by atoms with van der Waals surface area (Å²) in [5, 5.41) is 3.44. The minimum atomic E-state index is -3.88. The summed E-state index contributed by atoms with van der Waals surface area (Å²) in [6, 6.07) is 18.2. The normalized spacial score (nSPS) is 11.0. The van der Waals surface area contributed by atoms with Crippen LogP contribution in [0.4, 0.5) is 11.4 Å². The molecule has 3 aromatic rings. The Hall–Kier alpha value is -2.88. The van der Waals surface area contributed by atoms with Gasteiger partial charge in [-0.25, -0.2) is 8.42 Å². The lowest BCUT2D eigenvalue weighted by molar-refractivity contribution is -0.115. The molecule has 0 aliphatic rings. The maximum absolute atomic E-state index is 12.8. The molecule has 0 bridgehead atoms. The number of hydrogen-bond donors (Lipinski definition) is 2. The molecule has 1 amide bonds. The molecule has 174 valence electrons. The second kappa shape index (κ2) is 11.3. The number of nitrogens with one attached hydrogen (secondary N) is 2. The van der Waals surface area contributed by atoms with E-state index in [1.54, 1.807) is 48.2 Å². The summed E-state index contributed by atoms with van der Waals surface area (Å²) in [7, 11) is -0.936. The van der Waals surface area contributed by atoms with E-state index >= 15 is 0 Å². The van der Waals surface area contributed by atoms with Gasteiger partial charge in [0.15, 0.2) is 0 Å². The molecule has 10 heteroatoms. The van der Waals surface area contributed by atoms with Crippen LogP contribution in [-0.4, -0.2) is 34.3 Å². The molecular formula is C23H23ClN2O5S2. The lowest BCUT2D eigenvalue weighted by Gasteiger charge is -2.13. The zero-order valence-electron chi connectivity index (χ0n) is 18.0. The van der Waals surface area contributed by atoms with E-state index in [4.69, 9.17) is 21.1 Å². The van der Waals surface area contributed by atoms with Crippen LogP contribution in [0.2, 0.25) is 5.02 Å². The highest BCUT2D eigenvalue weighted by Crippen LogP contribution is 2.31. The van der Waals surface area contributed by atoms with Crippen molar-refractivity contribution in [2.24, 2.45) is 0 Å². The maximum Gasteiger partial charge on any atom is 0.262 e. The highest BCUT2D eigenvalue weighted by Gasteiger charge is 2.17. The highest BCUT2D eigenvalue weighted by molar-refractivity contribution is 7.99. The van der Waals surface area contributed by atoms with Gasteiger partial charge in [0.1, 0.15) is 11.5 Å². The summed E-state index contributed by atoms with van der Waals surface area (Å²) in [5.41, 5.74) is 0.766. The van der Waals surface area contributed by atoms with E-state index in [0.717, 1.165) is 4.90 Å². The van der Waals surface area contributed by atoms with Gasteiger partial charge in [0.2, 0.25) is 5.91 Å². The van der Waals surface area contributed by atoms with Gasteiger partial charge < -0.3 is 14.8 Å². The zero-order chi connectivity index (χ0) is 23.8. The van der Waals surface area contributed by atoms with Gasteiger partial charge >= 0.3 is 0 Å². The fourth-order valence-corrected chi connectivity index (χ4v) is 4.87. The van der Waals surface area contributed by atoms with E-state index in [-0.39, 0.29) is 16.5 Å². The standard InChI is InChI=1S/C23H23ClN2O5S2/c1-30-18-7-12-22(31-2)21(15-18)26-33(28,29)20-10-5-17(6-11-20)25-23(27)13-14-32-19-8-3-16(24)4-9-19/h3-12,15,26H,13-14H2,1-2H3,(H,25,27). The predicted molar refractivity (Wildman–Crippen MR) is 132 cm³/mol. The van der Waals surface area contributed by atoms with Gasteiger partial charge in [0, 0.05) is 33.8 Å². The van der Waals surface area contributed by atoms with E-state index in [2.05, 4.69) is 10.0 Å². The average molecular weight is 507 g/mol. The summed E-state index contributed by atoms with van der Waals surface area (Å²) in [6.07, 6.45) is 0.310. The smallest absolute Gasteiger partial charge is 0.262 e. The summed E-state index contributed by atoms with van der Waals surface area (Å²) >= 11 is 7.42. The van der Waals surface area contributed by atoms with Crippen LogP contribution in [-0.2, 0) is 14.8 Å². The molecule has 0 heterocycles. The number of hydrogen-bond acceptors (Lipinski definition) is 6. The van der Waals surface area contributed by atoms with Crippen molar-refractivity contribution in [3.8, 4) is 11.5 Å². The molecule has 0 spiro atoms. The third-order valence-electron chi connectivity index (χ3n) is 4.51. The van der Waals surface area contributed by atoms with E-state index in [1.165, 1.54) is 32.4 Å². The Labute approximate surface area is 202 Å². The number of ether oxygens (including phenoxy) is 2. The zero-order valence-corrected chi connectivity index (χ0v) is 20.4. The molecule has 0 unspecified atom stereocenters. The molecule has 7 nitrogen and oxygen atoms in total. The molecule has 0 radical (unpaired) electrons. The van der Waals surface area contributed by atoms with Crippen LogP contribution in [0.25, 0.3) is 0 Å². The van der Waals surface area contributed by atoms with Crippen molar-refractivity contribution in [2.45, 2.75) is 16.2 Å². The minimum absolute atomic E-state index is 0.0451. The van der Waals surface area contributed by atoms with E-state index < -0.39 is 10.0 Å². The maximum atomic E-state index is 12.8. The van der Waals surface area contributed by atoms with Crippen molar-refractivity contribution in [1.82, 2.24) is 0 Å². The van der Waals surface area contributed by atoms with Crippen molar-refractivity contribution < 1.29 is 22.7 Å². The largest absolute Gasteiger partial charge is 0.497 e. The Morgan fingerprint density at radius 1 is 0.970 bits per heavy atom. The quantitative estimate of drug-likeness (QED) is 0.363. The number of methoxy groups -OCH3 is 2. The van der Waals surface area contributed by atoms with Crippen LogP contribution < -0.4 is 19.5 Å². The number of rotatable bonds is 10. The number of carbonyl (C=O) groups is 1. The Bertz CT molecular complexity index is 1200. The van der Waals surface area contributed by atoms with E-state index in [0.29, 0.717) is 34.4 Å². The molecule has 2 N–H and O–H groups in total. The number of halogens is 1. The molecule has 3 aromatic carbocycles. The second-order valence-electron chi connectivity index (χ2n) is 6.80. The first-order chi connectivity index (χ1) is 15.8. The number of benzene rings is 3. The monoisotopic (exact) mass is 506 g/mol. The number of sulfonamides is 1. The third-order valence-corrected chi connectivity index (χ3v) is 7.16. The third kappa shape index (κ3) is 7.05. The van der Waals surface area contributed by atoms with Crippen LogP contribution in [0.5, 0.6) is 11.5 Å². The summed E-state index contributed by atoms with van der Waals surface area (Å²) in [4.78, 5) is 13.3. The van der Waals surface area contributed by atoms with Crippen molar-refractivity contribution in [3.63, 3.8) is 0 Å². The minimum Gasteiger partial charge on any atom is -0.497 e. The molecule has 0 atom stereocenters. The van der Waals surface area contributed by atoms with Crippen LogP contribution in [0.1, 0.15) is 6.42 Å². The Morgan fingerprint density at radius 2 is 1.67 bits per heavy atom. The SMILES string of the molecule is COc1ccc(OC)c(NS(=O)(=O)c2ccc(NC(=O)CCSc3ccc(Cl)cc3)cc2)c1. The first kappa shape index (κ1) is 24.8. The molecule has 0 aliphatic heterocycles. The first-order valence-electron chi connectivity index (χ1n) is 9.84. The van der Waals surface area contributed by atoms with Crippen molar-refractivity contribution >= 4 is 50.7 Å². The van der Waals surface area contributed by atoms with Gasteiger partial charge in [-0.3, -0.25) is 9.52 Å². The molecule has 3 rings (SSSR count). The number of amides is 1. The molecule has 0 fully saturated rings. The fourth-order valence-electron chi connectivity index (χ4n) is 2.83. The van der Waals surface area contributed by atoms with Crippen LogP contribution in [0.3, 0.4) is 0 Å². The Morgan fingerprint density at radius 3 is 2.30 bits per heavy atom. The lowest BCUT2D eigenvalue weighted by atomic mass is 10.3. The fraction of sp³-hybridized carbons (Fsp3) is 0.174. The topological polar surface area (TPSA) is 93.7 Å². The van der Waals surface area contributed by atoms with Gasteiger partial charge in [-0.15, -0.1) is 11.8 Å².